The monoisotopic (exact) mass is 289 g/mol. The molecule has 1 saturated heterocycles. The van der Waals surface area contributed by atoms with Gasteiger partial charge in [-0.15, -0.1) is 0 Å². The third-order valence-corrected chi connectivity index (χ3v) is 3.32. The first-order chi connectivity index (χ1) is 10.2. The zero-order valence-electron chi connectivity index (χ0n) is 12.5. The summed E-state index contributed by atoms with van der Waals surface area (Å²) >= 11 is 0. The molecule has 2 rings (SSSR count). The molecule has 0 aliphatic carbocycles. The second-order valence-electron chi connectivity index (χ2n) is 5.06. The van der Waals surface area contributed by atoms with Crippen LogP contribution in [0.5, 0.6) is 0 Å². The van der Waals surface area contributed by atoms with Gasteiger partial charge >= 0.3 is 0 Å². The molecule has 114 valence electrons. The summed E-state index contributed by atoms with van der Waals surface area (Å²) in [6, 6.07) is 9.45. The molecule has 1 amide bonds. The van der Waals surface area contributed by atoms with Crippen LogP contribution in [-0.4, -0.2) is 50.2 Å². The van der Waals surface area contributed by atoms with Crippen molar-refractivity contribution in [1.82, 2.24) is 10.2 Å². The Morgan fingerprint density at radius 3 is 2.71 bits per heavy atom. The molecule has 0 spiro atoms. The van der Waals surface area contributed by atoms with Crippen LogP contribution in [0.1, 0.15) is 6.92 Å². The summed E-state index contributed by atoms with van der Waals surface area (Å²) in [7, 11) is 0. The second kappa shape index (κ2) is 8.44. The fourth-order valence-corrected chi connectivity index (χ4v) is 2.18. The van der Waals surface area contributed by atoms with E-state index in [1.807, 2.05) is 37.3 Å². The lowest BCUT2D eigenvalue weighted by Crippen LogP contribution is -2.40. The lowest BCUT2D eigenvalue weighted by atomic mass is 10.3. The average molecular weight is 289 g/mol. The number of ether oxygens (including phenoxy) is 1. The molecule has 1 fully saturated rings. The van der Waals surface area contributed by atoms with Crippen molar-refractivity contribution >= 4 is 11.6 Å². The maximum atomic E-state index is 11.8. The highest BCUT2D eigenvalue weighted by molar-refractivity contribution is 5.99. The lowest BCUT2D eigenvalue weighted by molar-refractivity contribution is -0.112. The van der Waals surface area contributed by atoms with Crippen molar-refractivity contribution in [2.45, 2.75) is 6.92 Å². The van der Waals surface area contributed by atoms with Gasteiger partial charge in [0, 0.05) is 43.6 Å². The van der Waals surface area contributed by atoms with Gasteiger partial charge in [-0.25, -0.2) is 0 Å². The number of nitrogens with one attached hydrogen (secondary N) is 2. The van der Waals surface area contributed by atoms with E-state index >= 15 is 0 Å². The first kappa shape index (κ1) is 15.5. The van der Waals surface area contributed by atoms with Gasteiger partial charge in [-0.3, -0.25) is 9.69 Å². The van der Waals surface area contributed by atoms with Gasteiger partial charge in [0.2, 0.25) is 5.91 Å². The Balaban J connectivity index is 1.69. The van der Waals surface area contributed by atoms with E-state index in [1.54, 1.807) is 6.08 Å². The third-order valence-electron chi connectivity index (χ3n) is 3.32. The molecular formula is C16H23N3O2. The van der Waals surface area contributed by atoms with Gasteiger partial charge in [0.1, 0.15) is 0 Å². The molecule has 1 aliphatic rings. The molecule has 1 aliphatic heterocycles. The van der Waals surface area contributed by atoms with Crippen LogP contribution in [-0.2, 0) is 9.53 Å². The molecule has 0 bridgehead atoms. The molecule has 2 N–H and O–H groups in total. The highest BCUT2D eigenvalue weighted by atomic mass is 16.5. The quantitative estimate of drug-likeness (QED) is 0.778. The number of allylic oxidation sites excluding steroid dienone is 1. The van der Waals surface area contributed by atoms with Gasteiger partial charge in [0.15, 0.2) is 0 Å². The van der Waals surface area contributed by atoms with Gasteiger partial charge in [0.05, 0.1) is 13.2 Å². The van der Waals surface area contributed by atoms with Crippen molar-refractivity contribution in [3.05, 3.63) is 42.1 Å². The maximum Gasteiger partial charge on any atom is 0.250 e. The van der Waals surface area contributed by atoms with Crippen LogP contribution >= 0.6 is 0 Å². The minimum absolute atomic E-state index is 0.113. The molecule has 0 unspecified atom stereocenters. The Hall–Kier alpha value is -1.85. The van der Waals surface area contributed by atoms with Crippen molar-refractivity contribution in [2.75, 3.05) is 44.7 Å². The number of rotatable bonds is 6. The highest BCUT2D eigenvalue weighted by Crippen LogP contribution is 2.05. The summed E-state index contributed by atoms with van der Waals surface area (Å²) in [4.78, 5) is 14.2. The minimum atomic E-state index is -0.113. The average Bonchev–Trinajstić information content (AvgIpc) is 2.49. The van der Waals surface area contributed by atoms with Gasteiger partial charge in [-0.05, 0) is 19.1 Å². The van der Waals surface area contributed by atoms with E-state index in [9.17, 15) is 4.79 Å². The van der Waals surface area contributed by atoms with E-state index in [0.717, 1.165) is 50.8 Å². The van der Waals surface area contributed by atoms with Crippen LogP contribution < -0.4 is 10.6 Å². The van der Waals surface area contributed by atoms with Crippen LogP contribution in [0.3, 0.4) is 0 Å². The first-order valence-electron chi connectivity index (χ1n) is 7.32. The van der Waals surface area contributed by atoms with Gasteiger partial charge in [0.25, 0.3) is 0 Å². The largest absolute Gasteiger partial charge is 0.387 e. The molecule has 0 aromatic heterocycles. The number of nitrogens with zero attached hydrogens (tertiary/aromatic N) is 1. The standard InChI is InChI=1S/C16H23N3O2/c1-14(17-7-8-19-9-11-21-12-10-19)13-16(20)18-15-5-3-2-4-6-15/h2-6,13,17H,7-12H2,1H3,(H,18,20). The maximum absolute atomic E-state index is 11.8. The van der Waals surface area contributed by atoms with Crippen molar-refractivity contribution < 1.29 is 9.53 Å². The van der Waals surface area contributed by atoms with E-state index < -0.39 is 0 Å². The summed E-state index contributed by atoms with van der Waals surface area (Å²) in [5.74, 6) is -0.113. The predicted octanol–water partition coefficient (Wildman–Crippen LogP) is 1.45. The first-order valence-corrected chi connectivity index (χ1v) is 7.32. The highest BCUT2D eigenvalue weighted by Gasteiger charge is 2.09. The number of morpholine rings is 1. The van der Waals surface area contributed by atoms with Gasteiger partial charge in [-0.1, -0.05) is 18.2 Å². The van der Waals surface area contributed by atoms with Crippen LogP contribution in [0, 0.1) is 0 Å². The van der Waals surface area contributed by atoms with E-state index in [4.69, 9.17) is 4.74 Å². The molecule has 1 aromatic rings. The molecule has 0 atom stereocenters. The second-order valence-corrected chi connectivity index (χ2v) is 5.06. The summed E-state index contributed by atoms with van der Waals surface area (Å²) in [6.45, 7) is 7.31. The zero-order valence-corrected chi connectivity index (χ0v) is 12.5. The molecule has 5 nitrogen and oxygen atoms in total. The Labute approximate surface area is 126 Å². The molecule has 0 saturated carbocycles. The van der Waals surface area contributed by atoms with Crippen LogP contribution in [0.4, 0.5) is 5.69 Å². The third kappa shape index (κ3) is 5.97. The Kier molecular flexibility index (Phi) is 6.24. The summed E-state index contributed by atoms with van der Waals surface area (Å²) in [5, 5.41) is 6.09. The van der Waals surface area contributed by atoms with E-state index in [1.165, 1.54) is 0 Å². The van der Waals surface area contributed by atoms with Gasteiger partial charge < -0.3 is 15.4 Å². The van der Waals surface area contributed by atoms with Crippen LogP contribution in [0.2, 0.25) is 0 Å². The lowest BCUT2D eigenvalue weighted by Gasteiger charge is -2.26. The molecule has 5 heteroatoms. The number of para-hydroxylation sites is 1. The predicted molar refractivity (Wildman–Crippen MR) is 84.1 cm³/mol. The molecule has 21 heavy (non-hydrogen) atoms. The summed E-state index contributed by atoms with van der Waals surface area (Å²) < 4.78 is 5.31. The fourth-order valence-electron chi connectivity index (χ4n) is 2.18. The van der Waals surface area contributed by atoms with Crippen molar-refractivity contribution in [2.24, 2.45) is 0 Å². The smallest absolute Gasteiger partial charge is 0.250 e. The fraction of sp³-hybridized carbons (Fsp3) is 0.438. The van der Waals surface area contributed by atoms with E-state index in [0.29, 0.717) is 0 Å². The number of amides is 1. The Bertz CT molecular complexity index is 468. The number of carbonyl (C=O) groups excluding carboxylic acids is 1. The zero-order chi connectivity index (χ0) is 14.9. The van der Waals surface area contributed by atoms with Gasteiger partial charge in [-0.2, -0.15) is 0 Å². The number of hydrogen-bond donors (Lipinski definition) is 2. The van der Waals surface area contributed by atoms with Crippen molar-refractivity contribution in [1.29, 1.82) is 0 Å². The topological polar surface area (TPSA) is 53.6 Å². The van der Waals surface area contributed by atoms with E-state index in [2.05, 4.69) is 15.5 Å². The molecule has 1 heterocycles. The van der Waals surface area contributed by atoms with Crippen LogP contribution in [0.25, 0.3) is 0 Å². The summed E-state index contributed by atoms with van der Waals surface area (Å²) in [6.07, 6.45) is 1.59. The molecule has 1 aromatic carbocycles. The van der Waals surface area contributed by atoms with Crippen LogP contribution in [0.15, 0.2) is 42.1 Å². The number of carbonyl (C=O) groups is 1. The van der Waals surface area contributed by atoms with Crippen molar-refractivity contribution in [3.8, 4) is 0 Å². The minimum Gasteiger partial charge on any atom is -0.387 e. The van der Waals surface area contributed by atoms with E-state index in [-0.39, 0.29) is 5.91 Å². The Morgan fingerprint density at radius 2 is 2.00 bits per heavy atom. The number of benzene rings is 1. The normalized spacial score (nSPS) is 16.5. The molecule has 0 radical (unpaired) electrons. The Morgan fingerprint density at radius 1 is 1.29 bits per heavy atom. The summed E-state index contributed by atoms with van der Waals surface area (Å²) in [5.41, 5.74) is 1.68. The number of anilines is 1. The number of hydrogen-bond acceptors (Lipinski definition) is 4. The molecular weight excluding hydrogens is 266 g/mol. The SMILES string of the molecule is CC(=CC(=O)Nc1ccccc1)NCCN1CCOCC1. The van der Waals surface area contributed by atoms with Crippen molar-refractivity contribution in [3.63, 3.8) is 0 Å².